The predicted octanol–water partition coefficient (Wildman–Crippen LogP) is 3.08. The van der Waals surface area contributed by atoms with Crippen LogP contribution in [0.15, 0.2) is 24.3 Å². The Hall–Kier alpha value is -0.430. The van der Waals surface area contributed by atoms with Gasteiger partial charge in [0.15, 0.2) is 5.78 Å². The normalized spacial score (nSPS) is 24.1. The van der Waals surface area contributed by atoms with Crippen molar-refractivity contribution in [1.29, 1.82) is 0 Å². The van der Waals surface area contributed by atoms with Crippen molar-refractivity contribution in [2.24, 2.45) is 5.92 Å². The molecular formula is C14H17IO3S. The molecule has 2 atom stereocenters. The Bertz CT molecular complexity index is 563. The van der Waals surface area contributed by atoms with Gasteiger partial charge in [-0.1, -0.05) is 18.6 Å². The average Bonchev–Trinajstić information content (AvgIpc) is 2.38. The zero-order valence-corrected chi connectivity index (χ0v) is 13.8. The van der Waals surface area contributed by atoms with E-state index in [1.165, 1.54) is 6.26 Å². The van der Waals surface area contributed by atoms with Crippen LogP contribution in [0.2, 0.25) is 0 Å². The van der Waals surface area contributed by atoms with Gasteiger partial charge in [0.2, 0.25) is 0 Å². The fourth-order valence-electron chi connectivity index (χ4n) is 2.62. The lowest BCUT2D eigenvalue weighted by Gasteiger charge is -2.27. The molecule has 0 aromatic heterocycles. The van der Waals surface area contributed by atoms with Crippen LogP contribution in [0.4, 0.5) is 0 Å². The quantitative estimate of drug-likeness (QED) is 0.587. The van der Waals surface area contributed by atoms with Gasteiger partial charge < -0.3 is 0 Å². The van der Waals surface area contributed by atoms with Gasteiger partial charge in [-0.3, -0.25) is 4.79 Å². The Morgan fingerprint density at radius 3 is 2.42 bits per heavy atom. The lowest BCUT2D eigenvalue weighted by Crippen LogP contribution is -2.31. The molecule has 0 spiro atoms. The van der Waals surface area contributed by atoms with Crippen LogP contribution in [0.1, 0.15) is 36.0 Å². The van der Waals surface area contributed by atoms with E-state index in [1.807, 2.05) is 24.3 Å². The van der Waals surface area contributed by atoms with E-state index in [2.05, 4.69) is 22.6 Å². The largest absolute Gasteiger partial charge is 0.294 e. The van der Waals surface area contributed by atoms with E-state index in [1.54, 1.807) is 0 Å². The molecule has 2 rings (SSSR count). The Morgan fingerprint density at radius 1 is 1.21 bits per heavy atom. The summed E-state index contributed by atoms with van der Waals surface area (Å²) in [7, 11) is -3.03. The van der Waals surface area contributed by atoms with Crippen molar-refractivity contribution in [1.82, 2.24) is 0 Å². The summed E-state index contributed by atoms with van der Waals surface area (Å²) >= 11 is 2.20. The average molecular weight is 392 g/mol. The molecule has 1 aliphatic rings. The van der Waals surface area contributed by atoms with Crippen molar-refractivity contribution in [3.8, 4) is 0 Å². The van der Waals surface area contributed by atoms with Gasteiger partial charge in [0.05, 0.1) is 5.25 Å². The molecule has 0 heterocycles. The van der Waals surface area contributed by atoms with Gasteiger partial charge in [-0.25, -0.2) is 8.42 Å². The number of halogens is 1. The molecule has 0 aliphatic heterocycles. The molecule has 0 bridgehead atoms. The highest BCUT2D eigenvalue weighted by molar-refractivity contribution is 14.1. The van der Waals surface area contributed by atoms with Crippen LogP contribution >= 0.6 is 22.6 Å². The number of carbonyl (C=O) groups excluding carboxylic acids is 1. The first kappa shape index (κ1) is 15.0. The summed E-state index contributed by atoms with van der Waals surface area (Å²) in [6.45, 7) is 0. The fourth-order valence-corrected chi connectivity index (χ4v) is 4.16. The molecule has 104 valence electrons. The third-order valence-electron chi connectivity index (χ3n) is 3.73. The van der Waals surface area contributed by atoms with Crippen LogP contribution in [0.5, 0.6) is 0 Å². The topological polar surface area (TPSA) is 51.2 Å². The first-order chi connectivity index (χ1) is 8.88. The predicted molar refractivity (Wildman–Crippen MR) is 84.1 cm³/mol. The van der Waals surface area contributed by atoms with Crippen molar-refractivity contribution in [3.05, 3.63) is 33.4 Å². The van der Waals surface area contributed by atoms with E-state index < -0.39 is 9.84 Å². The molecule has 1 aromatic rings. The zero-order valence-electron chi connectivity index (χ0n) is 10.8. The van der Waals surface area contributed by atoms with E-state index in [0.29, 0.717) is 18.4 Å². The first-order valence-electron chi connectivity index (χ1n) is 6.36. The maximum Gasteiger partial charge on any atom is 0.165 e. The summed E-state index contributed by atoms with van der Waals surface area (Å²) in [5.41, 5.74) is 0.694. The molecule has 1 aliphatic carbocycles. The second kappa shape index (κ2) is 5.91. The number of ketones is 1. The van der Waals surface area contributed by atoms with E-state index in [4.69, 9.17) is 0 Å². The third-order valence-corrected chi connectivity index (χ3v) is 6.09. The SMILES string of the molecule is CS(=O)(=O)C1CCCC(C(=O)c2ccc(I)cc2)C1. The number of hydrogen-bond acceptors (Lipinski definition) is 3. The van der Waals surface area contributed by atoms with E-state index >= 15 is 0 Å². The second-order valence-electron chi connectivity index (χ2n) is 5.19. The highest BCUT2D eigenvalue weighted by Gasteiger charge is 2.32. The summed E-state index contributed by atoms with van der Waals surface area (Å²) in [5.74, 6) is -0.0571. The Labute approximate surface area is 127 Å². The highest BCUT2D eigenvalue weighted by Crippen LogP contribution is 2.30. The maximum atomic E-state index is 12.4. The second-order valence-corrected chi connectivity index (χ2v) is 8.76. The van der Waals surface area contributed by atoms with Crippen LogP contribution in [-0.2, 0) is 9.84 Å². The lowest BCUT2D eigenvalue weighted by molar-refractivity contribution is 0.0891. The summed E-state index contributed by atoms with van der Waals surface area (Å²) in [6.07, 6.45) is 4.06. The molecule has 2 unspecified atom stereocenters. The Balaban J connectivity index is 2.13. The molecule has 0 radical (unpaired) electrons. The smallest absolute Gasteiger partial charge is 0.165 e. The minimum atomic E-state index is -3.03. The standard InChI is InChI=1S/C14H17IO3S/c1-19(17,18)13-4-2-3-11(9-13)14(16)10-5-7-12(15)8-6-10/h5-8,11,13H,2-4,9H2,1H3. The zero-order chi connectivity index (χ0) is 14.0. The van der Waals surface area contributed by atoms with Crippen molar-refractivity contribution < 1.29 is 13.2 Å². The number of rotatable bonds is 3. The Kier molecular flexibility index (Phi) is 4.66. The summed E-state index contributed by atoms with van der Waals surface area (Å²) < 4.78 is 24.3. The molecule has 0 amide bonds. The van der Waals surface area contributed by atoms with Crippen molar-refractivity contribution in [2.75, 3.05) is 6.26 Å². The van der Waals surface area contributed by atoms with Crippen LogP contribution in [0, 0.1) is 9.49 Å². The van der Waals surface area contributed by atoms with Crippen LogP contribution in [-0.4, -0.2) is 25.7 Å². The van der Waals surface area contributed by atoms with Gasteiger partial charge >= 0.3 is 0 Å². The molecule has 1 saturated carbocycles. The van der Waals surface area contributed by atoms with Gasteiger partial charge in [-0.2, -0.15) is 0 Å². The molecular weight excluding hydrogens is 375 g/mol. The van der Waals surface area contributed by atoms with Crippen LogP contribution in [0.25, 0.3) is 0 Å². The molecule has 0 N–H and O–H groups in total. The molecule has 1 fully saturated rings. The maximum absolute atomic E-state index is 12.4. The third kappa shape index (κ3) is 3.78. The number of carbonyl (C=O) groups is 1. The minimum Gasteiger partial charge on any atom is -0.294 e. The van der Waals surface area contributed by atoms with Crippen molar-refractivity contribution >= 4 is 38.2 Å². The summed E-state index contributed by atoms with van der Waals surface area (Å²) in [6, 6.07) is 7.47. The highest BCUT2D eigenvalue weighted by atomic mass is 127. The Morgan fingerprint density at radius 2 is 1.84 bits per heavy atom. The molecule has 5 heteroatoms. The van der Waals surface area contributed by atoms with Crippen molar-refractivity contribution in [2.45, 2.75) is 30.9 Å². The fraction of sp³-hybridized carbons (Fsp3) is 0.500. The summed E-state index contributed by atoms with van der Waals surface area (Å²) in [5, 5.41) is -0.348. The monoisotopic (exact) mass is 392 g/mol. The first-order valence-corrected chi connectivity index (χ1v) is 9.40. The van der Waals surface area contributed by atoms with Gasteiger partial charge in [-0.05, 0) is 54.0 Å². The molecule has 19 heavy (non-hydrogen) atoms. The van der Waals surface area contributed by atoms with Gasteiger partial charge in [0.25, 0.3) is 0 Å². The van der Waals surface area contributed by atoms with E-state index in [9.17, 15) is 13.2 Å². The lowest BCUT2D eigenvalue weighted by atomic mass is 9.83. The van der Waals surface area contributed by atoms with Gasteiger partial charge in [0, 0.05) is 21.3 Å². The number of sulfone groups is 1. The van der Waals surface area contributed by atoms with E-state index in [-0.39, 0.29) is 17.0 Å². The van der Waals surface area contributed by atoms with Crippen LogP contribution < -0.4 is 0 Å². The van der Waals surface area contributed by atoms with Gasteiger partial charge in [0.1, 0.15) is 9.84 Å². The molecule has 0 saturated heterocycles. The van der Waals surface area contributed by atoms with Crippen LogP contribution in [0.3, 0.4) is 0 Å². The molecule has 1 aromatic carbocycles. The minimum absolute atomic E-state index is 0.0877. The molecule has 3 nitrogen and oxygen atoms in total. The van der Waals surface area contributed by atoms with E-state index in [0.717, 1.165) is 16.4 Å². The number of hydrogen-bond donors (Lipinski definition) is 0. The van der Waals surface area contributed by atoms with Gasteiger partial charge in [-0.15, -0.1) is 0 Å². The number of Topliss-reactive ketones (excluding diaryl/α,β-unsaturated/α-hetero) is 1. The summed E-state index contributed by atoms with van der Waals surface area (Å²) in [4.78, 5) is 12.4. The number of benzene rings is 1. The van der Waals surface area contributed by atoms with Crippen molar-refractivity contribution in [3.63, 3.8) is 0 Å².